The van der Waals surface area contributed by atoms with E-state index in [0.29, 0.717) is 25.1 Å². The highest BCUT2D eigenvalue weighted by Crippen LogP contribution is 2.25. The molecule has 28 heavy (non-hydrogen) atoms. The first-order valence-corrected chi connectivity index (χ1v) is 9.08. The minimum Gasteiger partial charge on any atom is -0.465 e. The van der Waals surface area contributed by atoms with Crippen molar-refractivity contribution in [1.29, 1.82) is 0 Å². The molecular weight excluding hydrogens is 360 g/mol. The summed E-state index contributed by atoms with van der Waals surface area (Å²) in [5, 5.41) is 17.1. The minimum absolute atomic E-state index is 0.0431. The summed E-state index contributed by atoms with van der Waals surface area (Å²) in [5.74, 6) is -0.356. The van der Waals surface area contributed by atoms with Gasteiger partial charge in [0.1, 0.15) is 6.04 Å². The maximum Gasteiger partial charge on any atom is 0.405 e. The molecule has 4 N–H and O–H groups in total. The van der Waals surface area contributed by atoms with E-state index in [2.05, 4.69) is 29.1 Å². The van der Waals surface area contributed by atoms with Crippen LogP contribution in [0, 0.1) is 0 Å². The van der Waals surface area contributed by atoms with Crippen LogP contribution in [-0.2, 0) is 9.59 Å². The van der Waals surface area contributed by atoms with Crippen LogP contribution in [0.15, 0.2) is 49.6 Å². The van der Waals surface area contributed by atoms with Crippen LogP contribution in [0.1, 0.15) is 24.4 Å². The molecule has 1 unspecified atom stereocenters. The van der Waals surface area contributed by atoms with Crippen molar-refractivity contribution in [1.82, 2.24) is 16.0 Å². The Morgan fingerprint density at radius 1 is 1.36 bits per heavy atom. The molecule has 150 valence electrons. The molecule has 1 aromatic rings. The summed E-state index contributed by atoms with van der Waals surface area (Å²) in [7, 11) is 0. The van der Waals surface area contributed by atoms with E-state index < -0.39 is 18.2 Å². The monoisotopic (exact) mass is 386 g/mol. The molecule has 2 rings (SSSR count). The molecule has 1 heterocycles. The van der Waals surface area contributed by atoms with Crippen LogP contribution in [0.4, 0.5) is 10.5 Å². The third-order valence-electron chi connectivity index (χ3n) is 4.44. The van der Waals surface area contributed by atoms with Crippen LogP contribution < -0.4 is 20.9 Å². The number of anilines is 1. The van der Waals surface area contributed by atoms with Crippen LogP contribution >= 0.6 is 0 Å². The molecule has 1 saturated heterocycles. The predicted octanol–water partition coefficient (Wildman–Crippen LogP) is 1.57. The Kier molecular flexibility index (Phi) is 7.62. The standard InChI is InChI=1S/C20H26N4O4/c1-3-5-10-21-19(26)17-12-22-18(25)13-24(17)15-9-6-8-14(11-15)16(7-4-2)23-20(27)28/h3-4,6,8-9,11,16-17,23H,1-2,5,7,10,12-13H2,(H,21,26)(H,22,25)(H,27,28)/t16-,17?/m0/s1. The fourth-order valence-electron chi connectivity index (χ4n) is 3.08. The maximum atomic E-state index is 12.6. The first-order valence-electron chi connectivity index (χ1n) is 9.08. The van der Waals surface area contributed by atoms with E-state index in [1.807, 2.05) is 0 Å². The Hall–Kier alpha value is -3.29. The fourth-order valence-corrected chi connectivity index (χ4v) is 3.08. The van der Waals surface area contributed by atoms with E-state index in [-0.39, 0.29) is 24.9 Å². The highest BCUT2D eigenvalue weighted by atomic mass is 16.4. The summed E-state index contributed by atoms with van der Waals surface area (Å²) in [6.07, 6.45) is 3.30. The average Bonchev–Trinajstić information content (AvgIpc) is 2.67. The zero-order valence-corrected chi connectivity index (χ0v) is 15.7. The van der Waals surface area contributed by atoms with Gasteiger partial charge in [-0.2, -0.15) is 0 Å². The molecular formula is C20H26N4O4. The number of carbonyl (C=O) groups excluding carboxylic acids is 2. The number of carbonyl (C=O) groups is 3. The van der Waals surface area contributed by atoms with Crippen LogP contribution in [-0.4, -0.2) is 48.7 Å². The molecule has 2 atom stereocenters. The number of rotatable bonds is 9. The average molecular weight is 386 g/mol. The molecule has 1 aromatic carbocycles. The second-order valence-electron chi connectivity index (χ2n) is 6.44. The normalized spacial score (nSPS) is 17.2. The SMILES string of the molecule is C=CCCNC(=O)C1CNC(=O)CN1c1cccc([C@H](CC=C)NC(=O)O)c1. The summed E-state index contributed by atoms with van der Waals surface area (Å²) in [6, 6.07) is 6.17. The molecule has 0 saturated carbocycles. The van der Waals surface area contributed by atoms with Gasteiger partial charge in [0, 0.05) is 18.8 Å². The van der Waals surface area contributed by atoms with E-state index in [9.17, 15) is 14.4 Å². The van der Waals surface area contributed by atoms with Gasteiger partial charge in [0.25, 0.3) is 0 Å². The molecule has 8 nitrogen and oxygen atoms in total. The summed E-state index contributed by atoms with van der Waals surface area (Å²) in [6.45, 7) is 8.02. The lowest BCUT2D eigenvalue weighted by atomic mass is 10.0. The molecule has 0 radical (unpaired) electrons. The molecule has 3 amide bonds. The lowest BCUT2D eigenvalue weighted by molar-refractivity contribution is -0.125. The van der Waals surface area contributed by atoms with Gasteiger partial charge in [-0.05, 0) is 30.5 Å². The fraction of sp³-hybridized carbons (Fsp3) is 0.350. The van der Waals surface area contributed by atoms with Gasteiger partial charge in [-0.25, -0.2) is 4.79 Å². The lowest BCUT2D eigenvalue weighted by Crippen LogP contribution is -2.60. The van der Waals surface area contributed by atoms with Gasteiger partial charge in [-0.15, -0.1) is 13.2 Å². The Bertz CT molecular complexity index is 749. The van der Waals surface area contributed by atoms with Crippen LogP contribution in [0.3, 0.4) is 0 Å². The van der Waals surface area contributed by atoms with E-state index >= 15 is 0 Å². The summed E-state index contributed by atoms with van der Waals surface area (Å²) >= 11 is 0. The third kappa shape index (κ3) is 5.60. The largest absolute Gasteiger partial charge is 0.465 e. The number of nitrogens with one attached hydrogen (secondary N) is 3. The highest BCUT2D eigenvalue weighted by Gasteiger charge is 2.32. The van der Waals surface area contributed by atoms with Gasteiger partial charge >= 0.3 is 6.09 Å². The summed E-state index contributed by atoms with van der Waals surface area (Å²) in [4.78, 5) is 37.3. The quantitative estimate of drug-likeness (QED) is 0.380. The number of carboxylic acid groups (broad SMARTS) is 1. The second-order valence-corrected chi connectivity index (χ2v) is 6.44. The van der Waals surface area contributed by atoms with Gasteiger partial charge in [0.2, 0.25) is 11.8 Å². The second kappa shape index (κ2) is 10.1. The van der Waals surface area contributed by atoms with Crippen molar-refractivity contribution in [3.8, 4) is 0 Å². The lowest BCUT2D eigenvalue weighted by Gasteiger charge is -2.36. The first-order chi connectivity index (χ1) is 13.5. The van der Waals surface area contributed by atoms with Gasteiger partial charge in [-0.3, -0.25) is 9.59 Å². The van der Waals surface area contributed by atoms with Crippen molar-refractivity contribution in [2.45, 2.75) is 24.9 Å². The Balaban J connectivity index is 2.26. The van der Waals surface area contributed by atoms with Crippen molar-refractivity contribution in [3.05, 3.63) is 55.1 Å². The summed E-state index contributed by atoms with van der Waals surface area (Å²) in [5.41, 5.74) is 1.41. The Morgan fingerprint density at radius 3 is 2.82 bits per heavy atom. The van der Waals surface area contributed by atoms with E-state index in [1.54, 1.807) is 41.3 Å². The molecule has 1 fully saturated rings. The number of hydrogen-bond donors (Lipinski definition) is 4. The molecule has 0 bridgehead atoms. The zero-order chi connectivity index (χ0) is 20.5. The number of benzene rings is 1. The molecule has 0 aromatic heterocycles. The molecule has 0 spiro atoms. The van der Waals surface area contributed by atoms with Crippen molar-refractivity contribution >= 4 is 23.6 Å². The van der Waals surface area contributed by atoms with Crippen molar-refractivity contribution in [2.75, 3.05) is 24.5 Å². The van der Waals surface area contributed by atoms with Crippen LogP contribution in [0.25, 0.3) is 0 Å². The topological polar surface area (TPSA) is 111 Å². The zero-order valence-electron chi connectivity index (χ0n) is 15.7. The third-order valence-corrected chi connectivity index (χ3v) is 4.44. The van der Waals surface area contributed by atoms with Gasteiger partial charge in [-0.1, -0.05) is 24.3 Å². The minimum atomic E-state index is -1.13. The van der Waals surface area contributed by atoms with E-state index in [4.69, 9.17) is 5.11 Å². The van der Waals surface area contributed by atoms with Crippen LogP contribution in [0.5, 0.6) is 0 Å². The first kappa shape index (κ1) is 21.0. The smallest absolute Gasteiger partial charge is 0.405 e. The summed E-state index contributed by atoms with van der Waals surface area (Å²) < 4.78 is 0. The van der Waals surface area contributed by atoms with Crippen molar-refractivity contribution in [3.63, 3.8) is 0 Å². The molecule has 1 aliphatic heterocycles. The van der Waals surface area contributed by atoms with Gasteiger partial charge in [0.05, 0.1) is 12.6 Å². The Morgan fingerprint density at radius 2 is 2.14 bits per heavy atom. The molecule has 1 aliphatic rings. The van der Waals surface area contributed by atoms with Gasteiger partial charge < -0.3 is 26.0 Å². The predicted molar refractivity (Wildman–Crippen MR) is 107 cm³/mol. The van der Waals surface area contributed by atoms with E-state index in [1.165, 1.54) is 0 Å². The number of amides is 3. The number of hydrogen-bond acceptors (Lipinski definition) is 4. The molecule has 0 aliphatic carbocycles. The Labute approximate surface area is 164 Å². The maximum absolute atomic E-state index is 12.6. The highest BCUT2D eigenvalue weighted by molar-refractivity contribution is 5.92. The van der Waals surface area contributed by atoms with Gasteiger partial charge in [0.15, 0.2) is 0 Å². The van der Waals surface area contributed by atoms with Crippen molar-refractivity contribution < 1.29 is 19.5 Å². The number of nitrogens with zero attached hydrogens (tertiary/aromatic N) is 1. The van der Waals surface area contributed by atoms with Crippen molar-refractivity contribution in [2.24, 2.45) is 0 Å². The van der Waals surface area contributed by atoms with Crippen LogP contribution in [0.2, 0.25) is 0 Å². The number of piperazine rings is 1. The van der Waals surface area contributed by atoms with E-state index in [0.717, 1.165) is 5.56 Å². The molecule has 8 heteroatoms.